The first-order chi connectivity index (χ1) is 9.06. The summed E-state index contributed by atoms with van der Waals surface area (Å²) in [5, 5.41) is 9.06. The van der Waals surface area contributed by atoms with E-state index in [0.29, 0.717) is 16.1 Å². The van der Waals surface area contributed by atoms with Crippen molar-refractivity contribution >= 4 is 23.2 Å². The molecule has 0 aliphatic carbocycles. The third kappa shape index (κ3) is 3.96. The lowest BCUT2D eigenvalue weighted by molar-refractivity contribution is 0.413. The zero-order valence-corrected chi connectivity index (χ0v) is 12.5. The van der Waals surface area contributed by atoms with Gasteiger partial charge in [-0.3, -0.25) is 4.68 Å². The summed E-state index contributed by atoms with van der Waals surface area (Å²) in [5.41, 5.74) is 1.05. The van der Waals surface area contributed by atoms with Crippen molar-refractivity contribution in [1.82, 2.24) is 15.1 Å². The van der Waals surface area contributed by atoms with E-state index >= 15 is 0 Å². The third-order valence-corrected chi connectivity index (χ3v) is 3.55. The summed E-state index contributed by atoms with van der Waals surface area (Å²) in [6.07, 6.45) is 3.74. The van der Waals surface area contributed by atoms with Crippen molar-refractivity contribution in [3.63, 3.8) is 0 Å². The van der Waals surface area contributed by atoms with Crippen molar-refractivity contribution in [2.45, 2.75) is 32.5 Å². The van der Waals surface area contributed by atoms with Crippen molar-refractivity contribution in [2.24, 2.45) is 0 Å². The van der Waals surface area contributed by atoms with Crippen molar-refractivity contribution in [2.75, 3.05) is 0 Å². The van der Waals surface area contributed by atoms with Crippen LogP contribution >= 0.6 is 23.2 Å². The number of hydrogen-bond donors (Lipinski definition) is 1. The molecule has 5 heteroatoms. The molecule has 2 atom stereocenters. The van der Waals surface area contributed by atoms with E-state index in [9.17, 15) is 0 Å². The fourth-order valence-corrected chi connectivity index (χ4v) is 2.68. The van der Waals surface area contributed by atoms with Gasteiger partial charge in [0.25, 0.3) is 0 Å². The topological polar surface area (TPSA) is 29.9 Å². The molecule has 3 nitrogen and oxygen atoms in total. The van der Waals surface area contributed by atoms with Crippen molar-refractivity contribution in [3.05, 3.63) is 52.3 Å². The highest BCUT2D eigenvalue weighted by Gasteiger charge is 2.13. The summed E-state index contributed by atoms with van der Waals surface area (Å²) in [6.45, 7) is 5.04. The molecule has 1 aromatic carbocycles. The van der Waals surface area contributed by atoms with Gasteiger partial charge in [0, 0.05) is 34.5 Å². The van der Waals surface area contributed by atoms with E-state index in [-0.39, 0.29) is 6.04 Å². The molecule has 0 bridgehead atoms. The molecule has 2 aromatic rings. The van der Waals surface area contributed by atoms with Crippen LogP contribution in [-0.4, -0.2) is 15.8 Å². The van der Waals surface area contributed by atoms with Gasteiger partial charge >= 0.3 is 0 Å². The number of benzene rings is 1. The van der Waals surface area contributed by atoms with E-state index in [4.69, 9.17) is 23.2 Å². The first-order valence-corrected chi connectivity index (χ1v) is 7.00. The van der Waals surface area contributed by atoms with Crippen molar-refractivity contribution in [3.8, 4) is 0 Å². The minimum absolute atomic E-state index is 0.162. The second kappa shape index (κ2) is 6.42. The van der Waals surface area contributed by atoms with Crippen LogP contribution in [0.4, 0.5) is 0 Å². The Bertz CT molecular complexity index is 525. The number of aromatic nitrogens is 2. The highest BCUT2D eigenvalue weighted by atomic mass is 35.5. The molecule has 0 saturated carbocycles. The first-order valence-electron chi connectivity index (χ1n) is 6.24. The Morgan fingerprint density at radius 2 is 2.11 bits per heavy atom. The summed E-state index contributed by atoms with van der Waals surface area (Å²) in [7, 11) is 0. The Balaban J connectivity index is 1.98. The maximum absolute atomic E-state index is 6.21. The van der Waals surface area contributed by atoms with Crippen LogP contribution in [0, 0.1) is 0 Å². The Kier molecular flexibility index (Phi) is 4.86. The van der Waals surface area contributed by atoms with Gasteiger partial charge in [0.15, 0.2) is 0 Å². The lowest BCUT2D eigenvalue weighted by atomic mass is 10.1. The van der Waals surface area contributed by atoms with E-state index in [0.717, 1.165) is 12.1 Å². The zero-order chi connectivity index (χ0) is 13.8. The Morgan fingerprint density at radius 3 is 2.74 bits per heavy atom. The summed E-state index contributed by atoms with van der Waals surface area (Å²) in [4.78, 5) is 0. The fraction of sp³-hybridized carbons (Fsp3) is 0.357. The smallest absolute Gasteiger partial charge is 0.0560 e. The molecule has 0 saturated heterocycles. The summed E-state index contributed by atoms with van der Waals surface area (Å²) in [6, 6.07) is 7.97. The second-order valence-corrected chi connectivity index (χ2v) is 5.53. The van der Waals surface area contributed by atoms with Crippen LogP contribution < -0.4 is 5.32 Å². The van der Waals surface area contributed by atoms with Gasteiger partial charge < -0.3 is 5.32 Å². The third-order valence-electron chi connectivity index (χ3n) is 2.98. The minimum Gasteiger partial charge on any atom is -0.306 e. The maximum Gasteiger partial charge on any atom is 0.0560 e. The molecule has 1 N–H and O–H groups in total. The van der Waals surface area contributed by atoms with Gasteiger partial charge in [0.1, 0.15) is 0 Å². The van der Waals surface area contributed by atoms with Crippen LogP contribution in [0.2, 0.25) is 10.0 Å². The highest BCUT2D eigenvalue weighted by Crippen LogP contribution is 2.26. The number of nitrogens with one attached hydrogen (secondary N) is 1. The van der Waals surface area contributed by atoms with Gasteiger partial charge in [-0.15, -0.1) is 0 Å². The average Bonchev–Trinajstić information content (AvgIpc) is 2.81. The van der Waals surface area contributed by atoms with Crippen LogP contribution in [0.1, 0.15) is 25.5 Å². The van der Waals surface area contributed by atoms with Gasteiger partial charge in [0.05, 0.1) is 6.54 Å². The zero-order valence-electron chi connectivity index (χ0n) is 11.0. The molecule has 1 heterocycles. The van der Waals surface area contributed by atoms with Crippen LogP contribution in [-0.2, 0) is 6.54 Å². The molecule has 0 aliphatic heterocycles. The van der Waals surface area contributed by atoms with E-state index in [2.05, 4.69) is 24.3 Å². The molecule has 0 radical (unpaired) electrons. The van der Waals surface area contributed by atoms with E-state index < -0.39 is 0 Å². The quantitative estimate of drug-likeness (QED) is 0.906. The monoisotopic (exact) mass is 297 g/mol. The lowest BCUT2D eigenvalue weighted by Gasteiger charge is -2.21. The molecule has 0 fully saturated rings. The van der Waals surface area contributed by atoms with Crippen LogP contribution in [0.15, 0.2) is 36.7 Å². The van der Waals surface area contributed by atoms with Crippen LogP contribution in [0.5, 0.6) is 0 Å². The summed E-state index contributed by atoms with van der Waals surface area (Å²) < 4.78 is 1.91. The molecular weight excluding hydrogens is 281 g/mol. The number of hydrogen-bond acceptors (Lipinski definition) is 2. The van der Waals surface area contributed by atoms with E-state index in [1.165, 1.54) is 0 Å². The molecule has 102 valence electrons. The van der Waals surface area contributed by atoms with Gasteiger partial charge in [0.2, 0.25) is 0 Å². The minimum atomic E-state index is 0.162. The number of rotatable bonds is 5. The van der Waals surface area contributed by atoms with Gasteiger partial charge in [-0.1, -0.05) is 29.3 Å². The Morgan fingerprint density at radius 1 is 1.32 bits per heavy atom. The molecule has 2 unspecified atom stereocenters. The van der Waals surface area contributed by atoms with Crippen LogP contribution in [0.3, 0.4) is 0 Å². The fourth-order valence-electron chi connectivity index (χ4n) is 2.11. The number of halogens is 2. The Hall–Kier alpha value is -1.03. The molecule has 1 aromatic heterocycles. The second-order valence-electron chi connectivity index (χ2n) is 4.68. The van der Waals surface area contributed by atoms with Gasteiger partial charge in [-0.25, -0.2) is 0 Å². The number of nitrogens with zero attached hydrogens (tertiary/aromatic N) is 2. The molecule has 19 heavy (non-hydrogen) atoms. The summed E-state index contributed by atoms with van der Waals surface area (Å²) >= 11 is 12.1. The lowest BCUT2D eigenvalue weighted by Crippen LogP contribution is -2.32. The molecule has 0 spiro atoms. The maximum atomic E-state index is 6.21. The van der Waals surface area contributed by atoms with E-state index in [1.807, 2.05) is 29.1 Å². The average molecular weight is 298 g/mol. The predicted molar refractivity (Wildman–Crippen MR) is 79.7 cm³/mol. The Labute approximate surface area is 123 Å². The summed E-state index contributed by atoms with van der Waals surface area (Å²) in [5.74, 6) is 0. The van der Waals surface area contributed by atoms with Crippen molar-refractivity contribution < 1.29 is 0 Å². The van der Waals surface area contributed by atoms with Crippen LogP contribution in [0.25, 0.3) is 0 Å². The molecule has 0 amide bonds. The molecule has 0 aliphatic rings. The SMILES string of the molecule is CC(Cn1cccn1)NC(C)c1ccc(Cl)cc1Cl. The standard InChI is InChI=1S/C14H17Cl2N3/c1-10(9-19-7-3-6-17-19)18-11(2)13-5-4-12(15)8-14(13)16/h3-8,10-11,18H,9H2,1-2H3. The van der Waals surface area contributed by atoms with Crippen molar-refractivity contribution in [1.29, 1.82) is 0 Å². The molecule has 2 rings (SSSR count). The first kappa shape index (κ1) is 14.4. The van der Waals surface area contributed by atoms with E-state index in [1.54, 1.807) is 12.3 Å². The highest BCUT2D eigenvalue weighted by molar-refractivity contribution is 6.35. The van der Waals surface area contributed by atoms with Gasteiger partial charge in [-0.05, 0) is 37.6 Å². The van der Waals surface area contributed by atoms with Gasteiger partial charge in [-0.2, -0.15) is 5.10 Å². The normalized spacial score (nSPS) is 14.3. The molecular formula is C14H17Cl2N3. The predicted octanol–water partition coefficient (Wildman–Crippen LogP) is 3.93. The largest absolute Gasteiger partial charge is 0.306 e.